The third-order valence-corrected chi connectivity index (χ3v) is 4.23. The topological polar surface area (TPSA) is 24.5 Å². The van der Waals surface area contributed by atoms with Crippen molar-refractivity contribution in [1.29, 1.82) is 0 Å². The molecule has 0 amide bonds. The first-order chi connectivity index (χ1) is 10.2. The summed E-state index contributed by atoms with van der Waals surface area (Å²) in [6.45, 7) is 7.88. The van der Waals surface area contributed by atoms with Gasteiger partial charge in [-0.1, -0.05) is 6.92 Å². The number of benzene rings is 1. The van der Waals surface area contributed by atoms with Gasteiger partial charge >= 0.3 is 0 Å². The molecule has 3 nitrogen and oxygen atoms in total. The molecule has 2 rings (SSSR count). The Labute approximate surface area is 127 Å². The van der Waals surface area contributed by atoms with Gasteiger partial charge in [0, 0.05) is 31.9 Å². The molecule has 2 atom stereocenters. The fraction of sp³-hybridized carbons (Fsp3) is 0.647. The van der Waals surface area contributed by atoms with Crippen LogP contribution >= 0.6 is 0 Å². The number of halogens is 1. The van der Waals surface area contributed by atoms with Crippen molar-refractivity contribution in [3.05, 3.63) is 29.6 Å². The average molecular weight is 294 g/mol. The summed E-state index contributed by atoms with van der Waals surface area (Å²) in [4.78, 5) is 2.38. The first kappa shape index (κ1) is 16.2. The van der Waals surface area contributed by atoms with Crippen LogP contribution in [0.2, 0.25) is 0 Å². The van der Waals surface area contributed by atoms with Gasteiger partial charge in [-0.2, -0.15) is 0 Å². The van der Waals surface area contributed by atoms with Gasteiger partial charge in [0.2, 0.25) is 0 Å². The van der Waals surface area contributed by atoms with E-state index in [1.165, 1.54) is 12.8 Å². The van der Waals surface area contributed by atoms with E-state index in [1.54, 1.807) is 19.2 Å². The smallest absolute Gasteiger partial charge is 0.123 e. The maximum Gasteiger partial charge on any atom is 0.123 e. The number of methoxy groups -OCH3 is 1. The summed E-state index contributed by atoms with van der Waals surface area (Å²) in [6, 6.07) is 5.32. The summed E-state index contributed by atoms with van der Waals surface area (Å²) in [6.07, 6.45) is 2.38. The third-order valence-electron chi connectivity index (χ3n) is 4.23. The zero-order chi connectivity index (χ0) is 15.2. The van der Waals surface area contributed by atoms with Gasteiger partial charge in [-0.3, -0.25) is 0 Å². The number of hydrogen-bond donors (Lipinski definition) is 1. The molecule has 1 aromatic rings. The number of ether oxygens (including phenoxy) is 1. The quantitative estimate of drug-likeness (QED) is 0.870. The van der Waals surface area contributed by atoms with E-state index in [-0.39, 0.29) is 11.9 Å². The van der Waals surface area contributed by atoms with Crippen LogP contribution in [0.1, 0.15) is 38.3 Å². The highest BCUT2D eigenvalue weighted by Gasteiger charge is 2.23. The van der Waals surface area contributed by atoms with Crippen LogP contribution < -0.4 is 10.2 Å². The van der Waals surface area contributed by atoms with Gasteiger partial charge in [-0.05, 0) is 56.0 Å². The van der Waals surface area contributed by atoms with Crippen molar-refractivity contribution in [1.82, 2.24) is 5.32 Å². The lowest BCUT2D eigenvalue weighted by molar-refractivity contribution is 0.143. The van der Waals surface area contributed by atoms with Crippen LogP contribution in [0.4, 0.5) is 10.1 Å². The zero-order valence-corrected chi connectivity index (χ0v) is 13.4. The van der Waals surface area contributed by atoms with E-state index in [9.17, 15) is 4.39 Å². The van der Waals surface area contributed by atoms with E-state index in [0.29, 0.717) is 5.92 Å². The average Bonchev–Trinajstić information content (AvgIpc) is 2.48. The van der Waals surface area contributed by atoms with Crippen LogP contribution in [0.15, 0.2) is 18.2 Å². The second kappa shape index (κ2) is 7.76. The molecule has 4 heteroatoms. The van der Waals surface area contributed by atoms with Crippen molar-refractivity contribution in [3.8, 4) is 0 Å². The van der Waals surface area contributed by atoms with Crippen LogP contribution in [0.25, 0.3) is 0 Å². The number of anilines is 1. The van der Waals surface area contributed by atoms with Gasteiger partial charge in [0.05, 0.1) is 6.61 Å². The molecule has 0 radical (unpaired) electrons. The number of hydrogen-bond acceptors (Lipinski definition) is 3. The van der Waals surface area contributed by atoms with E-state index >= 15 is 0 Å². The monoisotopic (exact) mass is 294 g/mol. The Balaban J connectivity index is 2.21. The number of piperidine rings is 1. The summed E-state index contributed by atoms with van der Waals surface area (Å²) >= 11 is 0. The molecule has 0 spiro atoms. The SMILES string of the molecule is CCNC(C)c1cc(F)ccc1N1CCCC(COC)C1. The molecule has 1 aromatic carbocycles. The fourth-order valence-electron chi connectivity index (χ4n) is 3.23. The van der Waals surface area contributed by atoms with Crippen molar-refractivity contribution in [2.45, 2.75) is 32.7 Å². The zero-order valence-electron chi connectivity index (χ0n) is 13.4. The largest absolute Gasteiger partial charge is 0.384 e. The molecule has 118 valence electrons. The lowest BCUT2D eigenvalue weighted by Crippen LogP contribution is -2.38. The predicted molar refractivity (Wildman–Crippen MR) is 85.3 cm³/mol. The summed E-state index contributed by atoms with van der Waals surface area (Å²) in [5, 5.41) is 3.39. The van der Waals surface area contributed by atoms with Crippen LogP contribution in [-0.2, 0) is 4.74 Å². The normalized spacial score (nSPS) is 20.6. The molecular formula is C17H27FN2O. The first-order valence-corrected chi connectivity index (χ1v) is 7.92. The Morgan fingerprint density at radius 1 is 1.48 bits per heavy atom. The molecular weight excluding hydrogens is 267 g/mol. The van der Waals surface area contributed by atoms with E-state index in [1.807, 2.05) is 6.07 Å². The van der Waals surface area contributed by atoms with Gasteiger partial charge < -0.3 is 15.0 Å². The molecule has 0 aliphatic carbocycles. The minimum absolute atomic E-state index is 0.156. The Morgan fingerprint density at radius 3 is 3.00 bits per heavy atom. The van der Waals surface area contributed by atoms with Gasteiger partial charge in [-0.25, -0.2) is 4.39 Å². The second-order valence-corrected chi connectivity index (χ2v) is 5.89. The van der Waals surface area contributed by atoms with Crippen LogP contribution in [-0.4, -0.2) is 33.4 Å². The molecule has 1 fully saturated rings. The molecule has 1 N–H and O–H groups in total. The van der Waals surface area contributed by atoms with Crippen molar-refractivity contribution in [2.24, 2.45) is 5.92 Å². The first-order valence-electron chi connectivity index (χ1n) is 7.92. The van der Waals surface area contributed by atoms with Crippen LogP contribution in [0.3, 0.4) is 0 Å². The van der Waals surface area contributed by atoms with E-state index < -0.39 is 0 Å². The number of nitrogens with one attached hydrogen (secondary N) is 1. The second-order valence-electron chi connectivity index (χ2n) is 5.89. The van der Waals surface area contributed by atoms with Gasteiger partial charge in [0.25, 0.3) is 0 Å². The van der Waals surface area contributed by atoms with Crippen LogP contribution in [0, 0.1) is 11.7 Å². The summed E-state index contributed by atoms with van der Waals surface area (Å²) < 4.78 is 18.9. The van der Waals surface area contributed by atoms with Crippen molar-refractivity contribution >= 4 is 5.69 Å². The molecule has 1 aliphatic heterocycles. The van der Waals surface area contributed by atoms with Gasteiger partial charge in [-0.15, -0.1) is 0 Å². The van der Waals surface area contributed by atoms with E-state index in [4.69, 9.17) is 4.74 Å². The van der Waals surface area contributed by atoms with Crippen LogP contribution in [0.5, 0.6) is 0 Å². The highest BCUT2D eigenvalue weighted by Crippen LogP contribution is 2.31. The van der Waals surface area contributed by atoms with Crippen molar-refractivity contribution < 1.29 is 9.13 Å². The maximum atomic E-state index is 13.6. The Bertz CT molecular complexity index is 450. The lowest BCUT2D eigenvalue weighted by Gasteiger charge is -2.36. The number of nitrogens with zero attached hydrogens (tertiary/aromatic N) is 1. The summed E-state index contributed by atoms with van der Waals surface area (Å²) in [5.74, 6) is 0.403. The Morgan fingerprint density at radius 2 is 2.29 bits per heavy atom. The highest BCUT2D eigenvalue weighted by molar-refractivity contribution is 5.55. The standard InChI is InChI=1S/C17H27FN2O/c1-4-19-13(2)16-10-15(18)7-8-17(16)20-9-5-6-14(11-20)12-21-3/h7-8,10,13-14,19H,4-6,9,11-12H2,1-3H3. The molecule has 2 unspecified atom stereocenters. The van der Waals surface area contributed by atoms with Gasteiger partial charge in [0.1, 0.15) is 5.82 Å². The molecule has 21 heavy (non-hydrogen) atoms. The predicted octanol–water partition coefficient (Wildman–Crippen LogP) is 3.36. The minimum atomic E-state index is -0.163. The molecule has 0 aromatic heterocycles. The fourth-order valence-corrected chi connectivity index (χ4v) is 3.23. The maximum absolute atomic E-state index is 13.6. The Hall–Kier alpha value is -1.13. The Kier molecular flexibility index (Phi) is 6.00. The summed E-state index contributed by atoms with van der Waals surface area (Å²) in [7, 11) is 1.76. The third kappa shape index (κ3) is 4.17. The molecule has 1 saturated heterocycles. The van der Waals surface area contributed by atoms with Crippen molar-refractivity contribution in [3.63, 3.8) is 0 Å². The molecule has 0 saturated carbocycles. The lowest BCUT2D eigenvalue weighted by atomic mass is 9.96. The van der Waals surface area contributed by atoms with Crippen molar-refractivity contribution in [2.75, 3.05) is 38.3 Å². The number of rotatable bonds is 6. The molecule has 1 aliphatic rings. The summed E-state index contributed by atoms with van der Waals surface area (Å²) in [5.41, 5.74) is 2.21. The molecule has 1 heterocycles. The van der Waals surface area contributed by atoms with E-state index in [2.05, 4.69) is 24.1 Å². The van der Waals surface area contributed by atoms with E-state index in [0.717, 1.165) is 37.5 Å². The van der Waals surface area contributed by atoms with Gasteiger partial charge in [0.15, 0.2) is 0 Å². The highest BCUT2D eigenvalue weighted by atomic mass is 19.1. The molecule has 0 bridgehead atoms. The minimum Gasteiger partial charge on any atom is -0.384 e.